The Labute approximate surface area is 175 Å². The fraction of sp³-hybridized carbons (Fsp3) is 0.0952. The second-order valence-electron chi connectivity index (χ2n) is 6.63. The predicted molar refractivity (Wildman–Crippen MR) is 113 cm³/mol. The van der Waals surface area contributed by atoms with E-state index in [9.17, 15) is 25.0 Å². The number of benzene rings is 3. The lowest BCUT2D eigenvalue weighted by atomic mass is 9.92. The standard InChI is InChI=1S/C21H15N3O5S/c25-21-20(30-18-4-2-1-3-5-18)19(14-6-8-16(9-7-14)23(26)27)22(21)15-10-12-17(13-11-15)24(28)29/h1-13,19-20H/t19-,20+/m1/s1. The Hall–Kier alpha value is -3.72. The normalized spacial score (nSPS) is 18.0. The van der Waals surface area contributed by atoms with Gasteiger partial charge in [0.05, 0.1) is 15.9 Å². The molecule has 1 fully saturated rings. The molecule has 0 saturated carbocycles. The van der Waals surface area contributed by atoms with Gasteiger partial charge < -0.3 is 4.90 Å². The van der Waals surface area contributed by atoms with Gasteiger partial charge in [0.1, 0.15) is 5.25 Å². The molecule has 2 atom stereocenters. The molecule has 3 aromatic carbocycles. The number of thioether (sulfide) groups is 1. The Kier molecular flexibility index (Phi) is 5.20. The summed E-state index contributed by atoms with van der Waals surface area (Å²) >= 11 is 1.43. The SMILES string of the molecule is O=C1[C@@H](Sc2ccccc2)[C@@H](c2ccc([N+](=O)[O-])cc2)N1c1ccc([N+](=O)[O-])cc1. The molecule has 0 spiro atoms. The first-order chi connectivity index (χ1) is 14.5. The van der Waals surface area contributed by atoms with Gasteiger partial charge in [-0.25, -0.2) is 0 Å². The zero-order chi connectivity index (χ0) is 21.3. The van der Waals surface area contributed by atoms with Crippen molar-refractivity contribution in [1.82, 2.24) is 0 Å². The van der Waals surface area contributed by atoms with Crippen molar-refractivity contribution in [3.8, 4) is 0 Å². The zero-order valence-corrected chi connectivity index (χ0v) is 16.3. The molecule has 4 rings (SSSR count). The van der Waals surface area contributed by atoms with Crippen LogP contribution in [-0.2, 0) is 4.79 Å². The van der Waals surface area contributed by atoms with Crippen molar-refractivity contribution in [3.05, 3.63) is 105 Å². The van der Waals surface area contributed by atoms with Crippen molar-refractivity contribution >= 4 is 34.7 Å². The van der Waals surface area contributed by atoms with Gasteiger partial charge in [-0.2, -0.15) is 0 Å². The van der Waals surface area contributed by atoms with Crippen LogP contribution in [0.15, 0.2) is 83.8 Å². The molecule has 150 valence electrons. The number of rotatable bonds is 6. The van der Waals surface area contributed by atoms with Crippen LogP contribution in [-0.4, -0.2) is 21.0 Å². The van der Waals surface area contributed by atoms with Crippen molar-refractivity contribution in [2.75, 3.05) is 4.90 Å². The minimum atomic E-state index is -0.496. The number of non-ortho nitro benzene ring substituents is 2. The molecule has 30 heavy (non-hydrogen) atoms. The molecule has 1 heterocycles. The van der Waals surface area contributed by atoms with E-state index in [-0.39, 0.29) is 23.3 Å². The maximum absolute atomic E-state index is 13.0. The minimum absolute atomic E-state index is 0.0291. The van der Waals surface area contributed by atoms with Crippen molar-refractivity contribution in [2.45, 2.75) is 16.2 Å². The van der Waals surface area contributed by atoms with E-state index in [1.807, 2.05) is 30.3 Å². The zero-order valence-electron chi connectivity index (χ0n) is 15.5. The van der Waals surface area contributed by atoms with E-state index in [0.717, 1.165) is 10.5 Å². The monoisotopic (exact) mass is 421 g/mol. The number of anilines is 1. The van der Waals surface area contributed by atoms with Crippen molar-refractivity contribution < 1.29 is 14.6 Å². The number of nitro groups is 2. The third kappa shape index (κ3) is 3.62. The third-order valence-electron chi connectivity index (χ3n) is 4.84. The summed E-state index contributed by atoms with van der Waals surface area (Å²) < 4.78 is 0. The lowest BCUT2D eigenvalue weighted by molar-refractivity contribution is -0.385. The largest absolute Gasteiger partial charge is 0.302 e. The van der Waals surface area contributed by atoms with E-state index >= 15 is 0 Å². The molecule has 0 unspecified atom stereocenters. The second kappa shape index (κ2) is 7.96. The van der Waals surface area contributed by atoms with Gasteiger partial charge in [0.15, 0.2) is 0 Å². The third-order valence-corrected chi connectivity index (χ3v) is 6.09. The summed E-state index contributed by atoms with van der Waals surface area (Å²) in [6.07, 6.45) is 0. The number of amides is 1. The molecule has 1 aliphatic rings. The van der Waals surface area contributed by atoms with Crippen LogP contribution >= 0.6 is 11.8 Å². The van der Waals surface area contributed by atoms with Crippen LogP contribution < -0.4 is 4.90 Å². The van der Waals surface area contributed by atoms with Crippen molar-refractivity contribution in [1.29, 1.82) is 0 Å². The van der Waals surface area contributed by atoms with E-state index in [0.29, 0.717) is 5.69 Å². The van der Waals surface area contributed by atoms with Crippen molar-refractivity contribution in [3.63, 3.8) is 0 Å². The van der Waals surface area contributed by atoms with Crippen LogP contribution in [0.1, 0.15) is 11.6 Å². The molecule has 0 bridgehead atoms. The maximum atomic E-state index is 13.0. The molecule has 1 aliphatic heterocycles. The quantitative estimate of drug-likeness (QED) is 0.323. The summed E-state index contributed by atoms with van der Waals surface area (Å²) in [6, 6.07) is 21.1. The van der Waals surface area contributed by atoms with E-state index in [1.54, 1.807) is 17.0 Å². The maximum Gasteiger partial charge on any atom is 0.269 e. The Bertz CT molecular complexity index is 1100. The number of nitrogens with zero attached hydrogens (tertiary/aromatic N) is 3. The molecular formula is C21H15N3O5S. The number of hydrogen-bond donors (Lipinski definition) is 0. The van der Waals surface area contributed by atoms with Crippen LogP contribution in [0, 0.1) is 20.2 Å². The van der Waals surface area contributed by atoms with Gasteiger partial charge in [0, 0.05) is 34.8 Å². The Morgan fingerprint density at radius 2 is 1.30 bits per heavy atom. The lowest BCUT2D eigenvalue weighted by Gasteiger charge is -2.47. The van der Waals surface area contributed by atoms with E-state index in [1.165, 1.54) is 48.2 Å². The second-order valence-corrected chi connectivity index (χ2v) is 7.84. The predicted octanol–water partition coefficient (Wildman–Crippen LogP) is 4.75. The minimum Gasteiger partial charge on any atom is -0.302 e. The summed E-state index contributed by atoms with van der Waals surface area (Å²) in [5.74, 6) is -0.124. The van der Waals surface area contributed by atoms with Crippen LogP contribution in [0.25, 0.3) is 0 Å². The highest BCUT2D eigenvalue weighted by Gasteiger charge is 2.49. The lowest BCUT2D eigenvalue weighted by Crippen LogP contribution is -2.57. The number of β-lactam (4-membered cyclic amide) rings is 1. The van der Waals surface area contributed by atoms with Gasteiger partial charge in [0.2, 0.25) is 5.91 Å². The van der Waals surface area contributed by atoms with Crippen LogP contribution in [0.4, 0.5) is 17.1 Å². The van der Waals surface area contributed by atoms with E-state index in [4.69, 9.17) is 0 Å². The highest BCUT2D eigenvalue weighted by molar-refractivity contribution is 8.00. The molecular weight excluding hydrogens is 406 g/mol. The molecule has 0 aromatic heterocycles. The van der Waals surface area contributed by atoms with Crippen molar-refractivity contribution in [2.24, 2.45) is 0 Å². The molecule has 1 amide bonds. The average molecular weight is 421 g/mol. The first kappa shape index (κ1) is 19.6. The summed E-state index contributed by atoms with van der Waals surface area (Å²) in [6.45, 7) is 0. The molecule has 9 heteroatoms. The van der Waals surface area contributed by atoms with Crippen LogP contribution in [0.2, 0.25) is 0 Å². The Balaban J connectivity index is 1.68. The first-order valence-corrected chi connectivity index (χ1v) is 9.87. The summed E-state index contributed by atoms with van der Waals surface area (Å²) in [4.78, 5) is 36.5. The highest BCUT2D eigenvalue weighted by Crippen LogP contribution is 2.47. The smallest absolute Gasteiger partial charge is 0.269 e. The van der Waals surface area contributed by atoms with Gasteiger partial charge in [-0.1, -0.05) is 30.3 Å². The summed E-state index contributed by atoms with van der Waals surface area (Å²) in [7, 11) is 0. The van der Waals surface area contributed by atoms with E-state index in [2.05, 4.69) is 0 Å². The topological polar surface area (TPSA) is 107 Å². The molecule has 1 saturated heterocycles. The first-order valence-electron chi connectivity index (χ1n) is 8.99. The number of hydrogen-bond acceptors (Lipinski definition) is 6. The fourth-order valence-electron chi connectivity index (χ4n) is 3.36. The number of nitro benzene ring substituents is 2. The molecule has 0 aliphatic carbocycles. The average Bonchev–Trinajstić information content (AvgIpc) is 2.76. The molecule has 0 N–H and O–H groups in total. The van der Waals surface area contributed by atoms with Gasteiger partial charge in [-0.05, 0) is 29.8 Å². The molecule has 3 aromatic rings. The summed E-state index contributed by atoms with van der Waals surface area (Å²) in [5, 5.41) is 21.5. The molecule has 0 radical (unpaired) electrons. The molecule has 8 nitrogen and oxygen atoms in total. The Morgan fingerprint density at radius 1 is 0.767 bits per heavy atom. The highest BCUT2D eigenvalue weighted by atomic mass is 32.2. The van der Waals surface area contributed by atoms with Gasteiger partial charge >= 0.3 is 0 Å². The van der Waals surface area contributed by atoms with Gasteiger partial charge in [-0.3, -0.25) is 25.0 Å². The van der Waals surface area contributed by atoms with Crippen LogP contribution in [0.3, 0.4) is 0 Å². The summed E-state index contributed by atoms with van der Waals surface area (Å²) in [5.41, 5.74) is 1.21. The number of carbonyl (C=O) groups is 1. The van der Waals surface area contributed by atoms with Gasteiger partial charge in [-0.15, -0.1) is 11.8 Å². The Morgan fingerprint density at radius 3 is 1.83 bits per heavy atom. The van der Waals surface area contributed by atoms with Crippen LogP contribution in [0.5, 0.6) is 0 Å². The fourth-order valence-corrected chi connectivity index (χ4v) is 4.59. The number of carbonyl (C=O) groups excluding carboxylic acids is 1. The van der Waals surface area contributed by atoms with E-state index < -0.39 is 15.1 Å². The van der Waals surface area contributed by atoms with Gasteiger partial charge in [0.25, 0.3) is 11.4 Å².